The number of ether oxygens (including phenoxy) is 2. The van der Waals surface area contributed by atoms with E-state index in [1.807, 2.05) is 47.0 Å². The summed E-state index contributed by atoms with van der Waals surface area (Å²) >= 11 is 0. The smallest absolute Gasteiger partial charge is 0.341 e. The van der Waals surface area contributed by atoms with Crippen molar-refractivity contribution in [2.24, 2.45) is 13.0 Å². The molecular weight excluding hydrogens is 488 g/mol. The Kier molecular flexibility index (Phi) is 6.98. The van der Waals surface area contributed by atoms with Crippen LogP contribution in [0.25, 0.3) is 16.8 Å². The molecule has 2 aromatic carbocycles. The zero-order valence-corrected chi connectivity index (χ0v) is 22.9. The highest BCUT2D eigenvalue weighted by Gasteiger charge is 2.45. The second-order valence-electron chi connectivity index (χ2n) is 11.0. The Labute approximate surface area is 229 Å². The van der Waals surface area contributed by atoms with Gasteiger partial charge in [0.1, 0.15) is 11.3 Å². The number of methoxy groups -OCH3 is 1. The summed E-state index contributed by atoms with van der Waals surface area (Å²) in [5, 5.41) is 9.00. The van der Waals surface area contributed by atoms with Crippen molar-refractivity contribution in [3.8, 4) is 22.6 Å². The van der Waals surface area contributed by atoms with E-state index >= 15 is 0 Å². The van der Waals surface area contributed by atoms with Gasteiger partial charge in [0.15, 0.2) is 0 Å². The molecule has 2 aromatic heterocycles. The summed E-state index contributed by atoms with van der Waals surface area (Å²) in [6.45, 7) is 2.21. The topological polar surface area (TPSA) is 71.2 Å². The minimum Gasteiger partial charge on any atom is -0.490 e. The van der Waals surface area contributed by atoms with E-state index in [9.17, 15) is 4.79 Å². The largest absolute Gasteiger partial charge is 0.490 e. The fraction of sp³-hybridized carbons (Fsp3) is 0.406. The molecule has 202 valence electrons. The number of carbonyl (C=O) groups excluding carboxylic acids is 1. The van der Waals surface area contributed by atoms with Crippen LogP contribution in [0.15, 0.2) is 67.1 Å². The van der Waals surface area contributed by atoms with Crippen LogP contribution < -0.4 is 4.74 Å². The molecule has 39 heavy (non-hydrogen) atoms. The van der Waals surface area contributed by atoms with Crippen molar-refractivity contribution in [1.29, 1.82) is 0 Å². The SMILES string of the molecule is COC(=O)c1cnn(-c2cccc(-c3cccc(O[C@@H](C)C4CCCCC4)c3)c2)c1[C@@H]1C[C@H]1c1cnn(C)c1. The predicted molar refractivity (Wildman–Crippen MR) is 150 cm³/mol. The van der Waals surface area contributed by atoms with Crippen LogP contribution in [-0.2, 0) is 11.8 Å². The fourth-order valence-corrected chi connectivity index (χ4v) is 6.17. The molecule has 0 saturated heterocycles. The lowest BCUT2D eigenvalue weighted by Crippen LogP contribution is -2.25. The fourth-order valence-electron chi connectivity index (χ4n) is 6.17. The molecule has 7 heteroatoms. The number of aryl methyl sites for hydroxylation is 1. The van der Waals surface area contributed by atoms with E-state index in [1.165, 1.54) is 44.8 Å². The van der Waals surface area contributed by atoms with Gasteiger partial charge in [-0.05, 0) is 79.0 Å². The number of rotatable bonds is 8. The summed E-state index contributed by atoms with van der Waals surface area (Å²) in [5.74, 6) is 1.65. The number of benzene rings is 2. The van der Waals surface area contributed by atoms with E-state index in [-0.39, 0.29) is 18.0 Å². The van der Waals surface area contributed by atoms with Crippen molar-refractivity contribution in [1.82, 2.24) is 19.6 Å². The van der Waals surface area contributed by atoms with Gasteiger partial charge in [0, 0.05) is 19.2 Å². The van der Waals surface area contributed by atoms with Crippen LogP contribution in [0, 0.1) is 5.92 Å². The molecule has 2 aliphatic carbocycles. The molecule has 2 aliphatic rings. The van der Waals surface area contributed by atoms with Crippen LogP contribution in [0.1, 0.15) is 78.9 Å². The van der Waals surface area contributed by atoms with E-state index in [1.54, 1.807) is 6.20 Å². The van der Waals surface area contributed by atoms with Crippen molar-refractivity contribution in [2.45, 2.75) is 63.4 Å². The third kappa shape index (κ3) is 5.22. The van der Waals surface area contributed by atoms with Crippen molar-refractivity contribution in [3.63, 3.8) is 0 Å². The molecule has 7 nitrogen and oxygen atoms in total. The van der Waals surface area contributed by atoms with Crippen LogP contribution >= 0.6 is 0 Å². The van der Waals surface area contributed by atoms with Gasteiger partial charge in [0.05, 0.1) is 37.0 Å². The van der Waals surface area contributed by atoms with Crippen molar-refractivity contribution in [3.05, 3.63) is 83.9 Å². The Balaban J connectivity index is 1.29. The number of aromatic nitrogens is 4. The molecule has 4 aromatic rings. The van der Waals surface area contributed by atoms with Gasteiger partial charge in [-0.3, -0.25) is 4.68 Å². The van der Waals surface area contributed by atoms with Crippen LogP contribution in [0.3, 0.4) is 0 Å². The predicted octanol–water partition coefficient (Wildman–Crippen LogP) is 6.68. The molecule has 2 heterocycles. The third-order valence-electron chi connectivity index (χ3n) is 8.40. The molecule has 0 spiro atoms. The number of hydrogen-bond acceptors (Lipinski definition) is 5. The average molecular weight is 525 g/mol. The molecule has 0 radical (unpaired) electrons. The highest BCUT2D eigenvalue weighted by atomic mass is 16.5. The number of carbonyl (C=O) groups is 1. The molecule has 6 rings (SSSR count). The van der Waals surface area contributed by atoms with Gasteiger partial charge in [-0.2, -0.15) is 10.2 Å². The number of nitrogens with zero attached hydrogens (tertiary/aromatic N) is 4. The maximum Gasteiger partial charge on any atom is 0.341 e. The van der Waals surface area contributed by atoms with Crippen molar-refractivity contribution in [2.75, 3.05) is 7.11 Å². The van der Waals surface area contributed by atoms with E-state index < -0.39 is 0 Å². The normalized spacial score (nSPS) is 20.0. The molecule has 0 amide bonds. The van der Waals surface area contributed by atoms with Crippen LogP contribution in [0.2, 0.25) is 0 Å². The first kappa shape index (κ1) is 25.4. The number of hydrogen-bond donors (Lipinski definition) is 0. The van der Waals surface area contributed by atoms with Gasteiger partial charge in [0.25, 0.3) is 0 Å². The third-order valence-corrected chi connectivity index (χ3v) is 8.40. The second kappa shape index (κ2) is 10.7. The Hall–Kier alpha value is -3.87. The van der Waals surface area contributed by atoms with E-state index in [4.69, 9.17) is 9.47 Å². The zero-order valence-electron chi connectivity index (χ0n) is 22.9. The molecule has 0 aliphatic heterocycles. The van der Waals surface area contributed by atoms with Gasteiger partial charge in [-0.25, -0.2) is 9.48 Å². The number of esters is 1. The lowest BCUT2D eigenvalue weighted by Gasteiger charge is -2.28. The maximum absolute atomic E-state index is 12.7. The standard InChI is InChI=1S/C32H36N4O3/c1-21(22-9-5-4-6-10-22)39-27-14-8-12-24(16-27)23-11-7-13-26(15-23)36-31(30(19-34-36)32(37)38-3)29-17-28(29)25-18-33-35(2)20-25/h7-8,11-16,18-22,28-29H,4-6,9-10,17H2,1-3H3/t21-,28-,29+/m0/s1. The van der Waals surface area contributed by atoms with Gasteiger partial charge in [0.2, 0.25) is 0 Å². The molecule has 0 unspecified atom stereocenters. The lowest BCUT2D eigenvalue weighted by atomic mass is 9.86. The summed E-state index contributed by atoms with van der Waals surface area (Å²) in [5.41, 5.74) is 5.67. The molecular formula is C32H36N4O3. The van der Waals surface area contributed by atoms with Crippen molar-refractivity contribution >= 4 is 5.97 Å². The summed E-state index contributed by atoms with van der Waals surface area (Å²) in [6, 6.07) is 16.7. The summed E-state index contributed by atoms with van der Waals surface area (Å²) in [4.78, 5) is 12.7. The van der Waals surface area contributed by atoms with Crippen LogP contribution in [0.4, 0.5) is 0 Å². The van der Waals surface area contributed by atoms with Gasteiger partial charge >= 0.3 is 5.97 Å². The first-order chi connectivity index (χ1) is 19.0. The molecule has 0 N–H and O–H groups in total. The average Bonchev–Trinajstić information content (AvgIpc) is 3.42. The van der Waals surface area contributed by atoms with Gasteiger partial charge in [-0.15, -0.1) is 0 Å². The summed E-state index contributed by atoms with van der Waals surface area (Å²) in [6.07, 6.45) is 13.2. The maximum atomic E-state index is 12.7. The van der Waals surface area contributed by atoms with Crippen LogP contribution in [0.5, 0.6) is 5.75 Å². The van der Waals surface area contributed by atoms with Gasteiger partial charge < -0.3 is 9.47 Å². The Morgan fingerprint density at radius 1 is 0.974 bits per heavy atom. The van der Waals surface area contributed by atoms with E-state index in [0.29, 0.717) is 17.4 Å². The highest BCUT2D eigenvalue weighted by Crippen LogP contribution is 2.55. The monoisotopic (exact) mass is 524 g/mol. The van der Waals surface area contributed by atoms with Crippen molar-refractivity contribution < 1.29 is 14.3 Å². The molecule has 0 bridgehead atoms. The first-order valence-corrected chi connectivity index (χ1v) is 14.0. The Morgan fingerprint density at radius 2 is 1.74 bits per heavy atom. The molecule has 2 saturated carbocycles. The van der Waals surface area contributed by atoms with Gasteiger partial charge in [-0.1, -0.05) is 43.5 Å². The molecule has 2 fully saturated rings. The highest BCUT2D eigenvalue weighted by molar-refractivity contribution is 5.91. The Bertz CT molecular complexity index is 1470. The Morgan fingerprint density at radius 3 is 2.49 bits per heavy atom. The zero-order chi connectivity index (χ0) is 26.9. The second-order valence-corrected chi connectivity index (χ2v) is 11.0. The van der Waals surface area contributed by atoms with E-state index in [0.717, 1.165) is 34.7 Å². The molecule has 3 atom stereocenters. The summed E-state index contributed by atoms with van der Waals surface area (Å²) < 4.78 is 15.2. The van der Waals surface area contributed by atoms with Crippen LogP contribution in [-0.4, -0.2) is 38.7 Å². The quantitative estimate of drug-likeness (QED) is 0.241. The lowest BCUT2D eigenvalue weighted by molar-refractivity contribution is 0.0599. The van der Waals surface area contributed by atoms with E-state index in [2.05, 4.69) is 47.5 Å². The minimum atomic E-state index is -0.360. The minimum absolute atomic E-state index is 0.174. The summed E-state index contributed by atoms with van der Waals surface area (Å²) in [7, 11) is 3.34. The first-order valence-electron chi connectivity index (χ1n) is 14.0.